The van der Waals surface area contributed by atoms with E-state index in [0.29, 0.717) is 12.0 Å². The first-order chi connectivity index (χ1) is 11.8. The maximum Gasteiger partial charge on any atom is 0.239 e. The van der Waals surface area contributed by atoms with Crippen molar-refractivity contribution in [1.82, 2.24) is 20.9 Å². The molecule has 1 amide bonds. The number of carbonyl (C=O) groups excluding carboxylic acids is 1. The number of nitrogens with zero attached hydrogens (tertiary/aromatic N) is 2. The van der Waals surface area contributed by atoms with Crippen molar-refractivity contribution in [3.63, 3.8) is 0 Å². The number of fused-ring (bicyclic) bond motifs is 1. The largest absolute Gasteiger partial charge is 0.355 e. The minimum atomic E-state index is -0.223. The van der Waals surface area contributed by atoms with Crippen molar-refractivity contribution in [2.75, 3.05) is 26.7 Å². The highest BCUT2D eigenvalue weighted by atomic mass is 127. The Morgan fingerprint density at radius 3 is 2.77 bits per heavy atom. The molecular weight excluding hydrogens is 461 g/mol. The molecule has 1 aliphatic heterocycles. The molecule has 1 atom stereocenters. The molecule has 1 unspecified atom stereocenters. The molecule has 8 heteroatoms. The van der Waals surface area contributed by atoms with Crippen molar-refractivity contribution in [1.29, 1.82) is 0 Å². The average Bonchev–Trinajstić information content (AvgIpc) is 3.00. The molecule has 1 aliphatic rings. The first-order valence-corrected chi connectivity index (χ1v) is 9.71. The Morgan fingerprint density at radius 2 is 2.12 bits per heavy atom. The van der Waals surface area contributed by atoms with Gasteiger partial charge in [0.2, 0.25) is 5.91 Å². The van der Waals surface area contributed by atoms with Gasteiger partial charge in [-0.25, -0.2) is 0 Å². The Balaban J connectivity index is 0.00000338. The first-order valence-electron chi connectivity index (χ1n) is 8.83. The molecule has 0 saturated carbocycles. The SMILES string of the molecule is CN=C(NCC(=O)NC(C)(C)C)NCC(C)N1CCc2sccc2C1.I. The quantitative estimate of drug-likeness (QED) is 0.334. The highest BCUT2D eigenvalue weighted by Gasteiger charge is 2.21. The second-order valence-corrected chi connectivity index (χ2v) is 8.54. The van der Waals surface area contributed by atoms with E-state index in [4.69, 9.17) is 0 Å². The molecule has 0 aliphatic carbocycles. The Labute approximate surface area is 178 Å². The predicted molar refractivity (Wildman–Crippen MR) is 121 cm³/mol. The molecule has 2 rings (SSSR count). The van der Waals surface area contributed by atoms with Crippen LogP contribution in [0.25, 0.3) is 0 Å². The lowest BCUT2D eigenvalue weighted by Crippen LogP contribution is -2.50. The van der Waals surface area contributed by atoms with Crippen LogP contribution in [0.1, 0.15) is 38.1 Å². The van der Waals surface area contributed by atoms with Gasteiger partial charge in [-0.3, -0.25) is 14.7 Å². The number of hydrogen-bond donors (Lipinski definition) is 3. The van der Waals surface area contributed by atoms with Crippen LogP contribution < -0.4 is 16.0 Å². The smallest absolute Gasteiger partial charge is 0.239 e. The molecule has 148 valence electrons. The molecule has 0 saturated heterocycles. The number of hydrogen-bond acceptors (Lipinski definition) is 4. The summed E-state index contributed by atoms with van der Waals surface area (Å²) in [5, 5.41) is 11.5. The Bertz CT molecular complexity index is 611. The van der Waals surface area contributed by atoms with Gasteiger partial charge >= 0.3 is 0 Å². The maximum atomic E-state index is 11.9. The fraction of sp³-hybridized carbons (Fsp3) is 0.667. The maximum absolute atomic E-state index is 11.9. The van der Waals surface area contributed by atoms with E-state index >= 15 is 0 Å². The summed E-state index contributed by atoms with van der Waals surface area (Å²) in [6.45, 7) is 11.3. The summed E-state index contributed by atoms with van der Waals surface area (Å²) >= 11 is 1.86. The molecule has 1 aromatic heterocycles. The van der Waals surface area contributed by atoms with Crippen LogP contribution in [0.4, 0.5) is 0 Å². The van der Waals surface area contributed by atoms with E-state index in [1.807, 2.05) is 32.1 Å². The number of carbonyl (C=O) groups is 1. The van der Waals surface area contributed by atoms with Gasteiger partial charge < -0.3 is 16.0 Å². The zero-order chi connectivity index (χ0) is 18.4. The number of amides is 1. The topological polar surface area (TPSA) is 68.8 Å². The zero-order valence-electron chi connectivity index (χ0n) is 16.4. The number of thiophene rings is 1. The summed E-state index contributed by atoms with van der Waals surface area (Å²) < 4.78 is 0. The lowest BCUT2D eigenvalue weighted by atomic mass is 10.1. The molecular formula is C18H32IN5OS. The first kappa shape index (κ1) is 23.2. The highest BCUT2D eigenvalue weighted by Crippen LogP contribution is 2.24. The normalized spacial score (nSPS) is 16.3. The van der Waals surface area contributed by atoms with E-state index in [1.54, 1.807) is 7.05 Å². The summed E-state index contributed by atoms with van der Waals surface area (Å²) in [7, 11) is 1.72. The minimum Gasteiger partial charge on any atom is -0.355 e. The third kappa shape index (κ3) is 7.40. The number of aliphatic imine (C=N–C) groups is 1. The third-order valence-electron chi connectivity index (χ3n) is 4.18. The lowest BCUT2D eigenvalue weighted by Gasteiger charge is -2.32. The molecule has 26 heavy (non-hydrogen) atoms. The summed E-state index contributed by atoms with van der Waals surface area (Å²) in [4.78, 5) is 20.1. The molecule has 6 nitrogen and oxygen atoms in total. The lowest BCUT2D eigenvalue weighted by molar-refractivity contribution is -0.121. The monoisotopic (exact) mass is 493 g/mol. The van der Waals surface area contributed by atoms with Gasteiger partial charge in [0, 0.05) is 43.1 Å². The van der Waals surface area contributed by atoms with E-state index in [2.05, 4.69) is 44.2 Å². The molecule has 0 radical (unpaired) electrons. The Kier molecular flexibility index (Phi) is 9.32. The second-order valence-electron chi connectivity index (χ2n) is 7.54. The van der Waals surface area contributed by atoms with Crippen LogP contribution in [0.2, 0.25) is 0 Å². The Hall–Kier alpha value is -0.870. The van der Waals surface area contributed by atoms with Crippen LogP contribution in [-0.4, -0.2) is 55.0 Å². The van der Waals surface area contributed by atoms with E-state index in [1.165, 1.54) is 10.4 Å². The van der Waals surface area contributed by atoms with Gasteiger partial charge in [-0.1, -0.05) is 0 Å². The molecule has 0 aromatic carbocycles. The van der Waals surface area contributed by atoms with Crippen LogP contribution in [0.3, 0.4) is 0 Å². The Morgan fingerprint density at radius 1 is 1.38 bits per heavy atom. The molecule has 0 spiro atoms. The van der Waals surface area contributed by atoms with Crippen molar-refractivity contribution in [2.24, 2.45) is 4.99 Å². The summed E-state index contributed by atoms with van der Waals surface area (Å²) in [5.41, 5.74) is 1.24. The number of nitrogens with one attached hydrogen (secondary N) is 3. The number of halogens is 1. The van der Waals surface area contributed by atoms with Crippen LogP contribution in [-0.2, 0) is 17.8 Å². The fourth-order valence-electron chi connectivity index (χ4n) is 2.87. The standard InChI is InChI=1S/C18H31N5OS.HI/c1-13(23-8-6-15-14(12-23)7-9-25-15)10-20-17(19-5)21-11-16(24)22-18(2,3)4;/h7,9,13H,6,8,10-12H2,1-5H3,(H,22,24)(H2,19,20,21);1H. The van der Waals surface area contributed by atoms with Gasteiger partial charge in [-0.2, -0.15) is 0 Å². The van der Waals surface area contributed by atoms with Crippen molar-refractivity contribution in [2.45, 2.75) is 52.2 Å². The summed E-state index contributed by atoms with van der Waals surface area (Å²) in [6, 6.07) is 2.63. The van der Waals surface area contributed by atoms with Gasteiger partial charge in [-0.15, -0.1) is 35.3 Å². The molecule has 1 aromatic rings. The zero-order valence-corrected chi connectivity index (χ0v) is 19.5. The summed E-state index contributed by atoms with van der Waals surface area (Å²) in [5.74, 6) is 0.619. The molecule has 3 N–H and O–H groups in total. The average molecular weight is 493 g/mol. The van der Waals surface area contributed by atoms with E-state index in [-0.39, 0.29) is 42.0 Å². The van der Waals surface area contributed by atoms with Crippen LogP contribution in [0.5, 0.6) is 0 Å². The summed E-state index contributed by atoms with van der Waals surface area (Å²) in [6.07, 6.45) is 1.14. The van der Waals surface area contributed by atoms with Gasteiger partial charge in [0.05, 0.1) is 6.54 Å². The van der Waals surface area contributed by atoms with Crippen LogP contribution in [0.15, 0.2) is 16.4 Å². The van der Waals surface area contributed by atoms with Gasteiger partial charge in [0.25, 0.3) is 0 Å². The molecule has 0 bridgehead atoms. The highest BCUT2D eigenvalue weighted by molar-refractivity contribution is 14.0. The van der Waals surface area contributed by atoms with Gasteiger partial charge in [-0.05, 0) is 51.1 Å². The minimum absolute atomic E-state index is 0. The van der Waals surface area contributed by atoms with Crippen LogP contribution >= 0.6 is 35.3 Å². The number of rotatable bonds is 5. The van der Waals surface area contributed by atoms with E-state index in [9.17, 15) is 4.79 Å². The van der Waals surface area contributed by atoms with E-state index < -0.39 is 0 Å². The second kappa shape index (κ2) is 10.5. The molecule has 0 fully saturated rings. The van der Waals surface area contributed by atoms with Gasteiger partial charge in [0.1, 0.15) is 0 Å². The van der Waals surface area contributed by atoms with E-state index in [0.717, 1.165) is 26.1 Å². The predicted octanol–water partition coefficient (Wildman–Crippen LogP) is 2.19. The van der Waals surface area contributed by atoms with Crippen molar-refractivity contribution in [3.05, 3.63) is 21.9 Å². The number of guanidine groups is 1. The van der Waals surface area contributed by atoms with Gasteiger partial charge in [0.15, 0.2) is 5.96 Å². The third-order valence-corrected chi connectivity index (χ3v) is 5.20. The molecule has 2 heterocycles. The fourth-order valence-corrected chi connectivity index (χ4v) is 3.76. The van der Waals surface area contributed by atoms with Crippen molar-refractivity contribution < 1.29 is 4.79 Å². The van der Waals surface area contributed by atoms with Crippen molar-refractivity contribution >= 4 is 47.2 Å². The van der Waals surface area contributed by atoms with Crippen molar-refractivity contribution in [3.8, 4) is 0 Å². The van der Waals surface area contributed by atoms with Crippen LogP contribution in [0, 0.1) is 0 Å².